The molecule has 34 heavy (non-hydrogen) atoms. The Morgan fingerprint density at radius 2 is 1.65 bits per heavy atom. The molecule has 0 spiro atoms. The van der Waals surface area contributed by atoms with E-state index in [4.69, 9.17) is 16.6 Å². The first-order valence-electron chi connectivity index (χ1n) is 11.2. The smallest absolute Gasteiger partial charge is 0.253 e. The zero-order valence-corrected chi connectivity index (χ0v) is 19.2. The number of hydrogen-bond donors (Lipinski definition) is 1. The number of rotatable bonds is 4. The van der Waals surface area contributed by atoms with Crippen molar-refractivity contribution in [3.8, 4) is 11.3 Å². The van der Waals surface area contributed by atoms with Crippen molar-refractivity contribution in [2.45, 2.75) is 18.9 Å². The number of likely N-dealkylation sites (tertiary alicyclic amines) is 1. The van der Waals surface area contributed by atoms with Gasteiger partial charge in [0.25, 0.3) is 11.8 Å². The number of fused-ring (bicyclic) bond motifs is 1. The highest BCUT2D eigenvalue weighted by atomic mass is 35.5. The zero-order valence-electron chi connectivity index (χ0n) is 18.4. The molecule has 3 heterocycles. The second-order valence-electron chi connectivity index (χ2n) is 8.33. The van der Waals surface area contributed by atoms with E-state index in [1.807, 2.05) is 53.4 Å². The third-order valence-corrected chi connectivity index (χ3v) is 6.48. The van der Waals surface area contributed by atoms with Crippen LogP contribution < -0.4 is 5.32 Å². The van der Waals surface area contributed by atoms with E-state index < -0.39 is 0 Å². The Hall–Kier alpha value is -3.77. The fraction of sp³-hybridized carbons (Fsp3) is 0.185. The minimum atomic E-state index is -0.147. The van der Waals surface area contributed by atoms with Gasteiger partial charge in [-0.25, -0.2) is 4.98 Å². The van der Waals surface area contributed by atoms with Crippen molar-refractivity contribution in [1.29, 1.82) is 0 Å². The molecule has 1 fully saturated rings. The van der Waals surface area contributed by atoms with E-state index in [1.54, 1.807) is 30.6 Å². The lowest BCUT2D eigenvalue weighted by Crippen LogP contribution is -2.46. The summed E-state index contributed by atoms with van der Waals surface area (Å²) in [6, 6.07) is 20.3. The lowest BCUT2D eigenvalue weighted by molar-refractivity contribution is 0.0698. The number of para-hydroxylation sites is 1. The second kappa shape index (κ2) is 9.61. The summed E-state index contributed by atoms with van der Waals surface area (Å²) in [5, 5.41) is 4.55. The lowest BCUT2D eigenvalue weighted by atomic mass is 10.0. The molecule has 1 aliphatic rings. The largest absolute Gasteiger partial charge is 0.349 e. The van der Waals surface area contributed by atoms with Crippen molar-refractivity contribution in [3.63, 3.8) is 0 Å². The first-order valence-corrected chi connectivity index (χ1v) is 11.6. The molecule has 2 aromatic heterocycles. The van der Waals surface area contributed by atoms with Crippen LogP contribution in [0.1, 0.15) is 33.6 Å². The molecular weight excluding hydrogens is 448 g/mol. The number of halogens is 1. The Bertz CT molecular complexity index is 1350. The number of nitrogens with zero attached hydrogens (tertiary/aromatic N) is 3. The second-order valence-corrected chi connectivity index (χ2v) is 8.74. The highest BCUT2D eigenvalue weighted by Crippen LogP contribution is 2.30. The van der Waals surface area contributed by atoms with Crippen LogP contribution in [0, 0.1) is 0 Å². The number of pyridine rings is 2. The Labute approximate surface area is 202 Å². The number of nitrogens with one attached hydrogen (secondary N) is 1. The van der Waals surface area contributed by atoms with Gasteiger partial charge in [0.1, 0.15) is 0 Å². The van der Waals surface area contributed by atoms with E-state index in [0.29, 0.717) is 47.8 Å². The molecule has 0 bridgehead atoms. The van der Waals surface area contributed by atoms with Crippen LogP contribution in [0.2, 0.25) is 5.02 Å². The molecule has 2 aromatic carbocycles. The fourth-order valence-corrected chi connectivity index (χ4v) is 4.57. The van der Waals surface area contributed by atoms with E-state index in [9.17, 15) is 9.59 Å². The number of aromatic nitrogens is 2. The third kappa shape index (κ3) is 4.50. The van der Waals surface area contributed by atoms with Crippen molar-refractivity contribution in [1.82, 2.24) is 20.2 Å². The van der Waals surface area contributed by atoms with Crippen LogP contribution in [0.15, 0.2) is 79.1 Å². The van der Waals surface area contributed by atoms with Crippen molar-refractivity contribution in [3.05, 3.63) is 95.3 Å². The van der Waals surface area contributed by atoms with Gasteiger partial charge in [-0.3, -0.25) is 14.6 Å². The van der Waals surface area contributed by atoms with Gasteiger partial charge in [-0.05, 0) is 43.2 Å². The monoisotopic (exact) mass is 470 g/mol. The van der Waals surface area contributed by atoms with Crippen LogP contribution in [0.25, 0.3) is 22.2 Å². The number of piperidine rings is 1. The fourth-order valence-electron chi connectivity index (χ4n) is 4.34. The molecule has 0 saturated carbocycles. The molecular formula is C27H23ClN4O2. The summed E-state index contributed by atoms with van der Waals surface area (Å²) in [4.78, 5) is 36.6. The number of carbonyl (C=O) groups is 2. The maximum Gasteiger partial charge on any atom is 0.253 e. The number of amides is 2. The molecule has 2 amide bonds. The zero-order chi connectivity index (χ0) is 23.5. The van der Waals surface area contributed by atoms with Gasteiger partial charge in [0.2, 0.25) is 0 Å². The first-order chi connectivity index (χ1) is 16.6. The maximum atomic E-state index is 13.4. The Balaban J connectivity index is 1.34. The highest BCUT2D eigenvalue weighted by molar-refractivity contribution is 6.33. The van der Waals surface area contributed by atoms with E-state index in [-0.39, 0.29) is 17.9 Å². The molecule has 1 N–H and O–H groups in total. The van der Waals surface area contributed by atoms with Gasteiger partial charge in [-0.15, -0.1) is 0 Å². The van der Waals surface area contributed by atoms with Crippen molar-refractivity contribution in [2.75, 3.05) is 13.1 Å². The molecule has 7 heteroatoms. The van der Waals surface area contributed by atoms with E-state index in [1.165, 1.54) is 0 Å². The average Bonchev–Trinajstić information content (AvgIpc) is 2.89. The van der Waals surface area contributed by atoms with Crippen LogP contribution in [-0.4, -0.2) is 45.8 Å². The molecule has 0 aliphatic carbocycles. The third-order valence-electron chi connectivity index (χ3n) is 6.16. The van der Waals surface area contributed by atoms with Crippen molar-refractivity contribution >= 4 is 34.3 Å². The average molecular weight is 471 g/mol. The quantitative estimate of drug-likeness (QED) is 0.456. The Morgan fingerprint density at radius 3 is 2.41 bits per heavy atom. The van der Waals surface area contributed by atoms with E-state index in [0.717, 1.165) is 16.5 Å². The molecule has 1 saturated heterocycles. The summed E-state index contributed by atoms with van der Waals surface area (Å²) in [6.45, 7) is 1.18. The standard InChI is InChI=1S/C27H23ClN4O2/c28-23-7-3-1-6-21(23)25-17-22(20-5-2-4-8-24(20)31-25)26(33)30-19-11-15-32(16-12-19)27(34)18-9-13-29-14-10-18/h1-10,13-14,17,19H,11-12,15-16H2,(H,30,33). The molecule has 170 valence electrons. The maximum absolute atomic E-state index is 13.4. The van der Waals surface area contributed by atoms with Crippen molar-refractivity contribution < 1.29 is 9.59 Å². The van der Waals surface area contributed by atoms with Gasteiger partial charge in [-0.2, -0.15) is 0 Å². The van der Waals surface area contributed by atoms with Gasteiger partial charge in [-0.1, -0.05) is 48.0 Å². The van der Waals surface area contributed by atoms with Gasteiger partial charge < -0.3 is 10.2 Å². The molecule has 5 rings (SSSR count). The molecule has 1 aliphatic heterocycles. The van der Waals surface area contributed by atoms with Crippen LogP contribution in [0.3, 0.4) is 0 Å². The SMILES string of the molecule is O=C(NC1CCN(C(=O)c2ccncc2)CC1)c1cc(-c2ccccc2Cl)nc2ccccc12. The Kier molecular flexibility index (Phi) is 6.23. The summed E-state index contributed by atoms with van der Waals surface area (Å²) in [5.74, 6) is -0.150. The molecule has 0 unspecified atom stereocenters. The molecule has 4 aromatic rings. The topological polar surface area (TPSA) is 75.2 Å². The van der Waals surface area contributed by atoms with Crippen LogP contribution in [0.4, 0.5) is 0 Å². The molecule has 0 radical (unpaired) electrons. The summed E-state index contributed by atoms with van der Waals surface area (Å²) in [6.07, 6.45) is 4.64. The Morgan fingerprint density at radius 1 is 0.941 bits per heavy atom. The van der Waals surface area contributed by atoms with Gasteiger partial charge in [0.05, 0.1) is 16.8 Å². The number of benzene rings is 2. The van der Waals surface area contributed by atoms with Gasteiger partial charge >= 0.3 is 0 Å². The molecule has 6 nitrogen and oxygen atoms in total. The molecule has 0 atom stereocenters. The lowest BCUT2D eigenvalue weighted by Gasteiger charge is -2.32. The summed E-state index contributed by atoms with van der Waals surface area (Å²) in [7, 11) is 0. The first kappa shape index (κ1) is 22.0. The van der Waals surface area contributed by atoms with Crippen LogP contribution >= 0.6 is 11.6 Å². The van der Waals surface area contributed by atoms with E-state index in [2.05, 4.69) is 10.3 Å². The predicted octanol–water partition coefficient (Wildman–Crippen LogP) is 4.98. The van der Waals surface area contributed by atoms with E-state index >= 15 is 0 Å². The van der Waals surface area contributed by atoms with Gasteiger partial charge in [0.15, 0.2) is 0 Å². The van der Waals surface area contributed by atoms with Gasteiger partial charge in [0, 0.05) is 53.1 Å². The minimum absolute atomic E-state index is 0.00307. The summed E-state index contributed by atoms with van der Waals surface area (Å²) >= 11 is 6.40. The van der Waals surface area contributed by atoms with Crippen LogP contribution in [0.5, 0.6) is 0 Å². The van der Waals surface area contributed by atoms with Crippen molar-refractivity contribution in [2.24, 2.45) is 0 Å². The highest BCUT2D eigenvalue weighted by Gasteiger charge is 2.25. The predicted molar refractivity (Wildman–Crippen MR) is 133 cm³/mol. The summed E-state index contributed by atoms with van der Waals surface area (Å²) < 4.78 is 0. The number of hydrogen-bond acceptors (Lipinski definition) is 4. The normalized spacial score (nSPS) is 14.2. The van der Waals surface area contributed by atoms with Crippen LogP contribution in [-0.2, 0) is 0 Å². The summed E-state index contributed by atoms with van der Waals surface area (Å²) in [5.41, 5.74) is 3.38. The number of carbonyl (C=O) groups excluding carboxylic acids is 2. The minimum Gasteiger partial charge on any atom is -0.349 e.